The fraction of sp³-hybridized carbons (Fsp3) is 1.00. The molecule has 0 aromatic carbocycles. The molecule has 0 nitrogen and oxygen atoms in total. The minimum absolute atomic E-state index is 0.0880. The number of hydrogen-bond acceptors (Lipinski definition) is 0. The minimum atomic E-state index is -4.49. The molecule has 0 aliphatic heterocycles. The molecule has 0 heterocycles. The molecule has 8 heavy (non-hydrogen) atoms. The maximum absolute atomic E-state index is 11.6. The molecule has 0 saturated heterocycles. The SMILES string of the molecule is C[C@@H]1C[C@@H]1[B-](F)(F)F. The van der Waals surface area contributed by atoms with E-state index in [1.165, 1.54) is 0 Å². The van der Waals surface area contributed by atoms with E-state index in [0.717, 1.165) is 0 Å². The van der Waals surface area contributed by atoms with Gasteiger partial charge in [0.15, 0.2) is 0 Å². The normalized spacial score (nSPS) is 37.5. The average molecular weight is 123 g/mol. The van der Waals surface area contributed by atoms with E-state index in [1.807, 2.05) is 0 Å². The lowest BCUT2D eigenvalue weighted by atomic mass is 9.82. The predicted octanol–water partition coefficient (Wildman–Crippen LogP) is 2.24. The second kappa shape index (κ2) is 1.42. The predicted molar refractivity (Wildman–Crippen MR) is 26.6 cm³/mol. The second-order valence-corrected chi connectivity index (χ2v) is 2.50. The number of hydrogen-bond donors (Lipinski definition) is 0. The Morgan fingerprint density at radius 1 is 1.38 bits per heavy atom. The molecule has 0 aromatic heterocycles. The van der Waals surface area contributed by atoms with Gasteiger partial charge in [0.1, 0.15) is 0 Å². The van der Waals surface area contributed by atoms with Crippen LogP contribution in [0.3, 0.4) is 0 Å². The largest absolute Gasteiger partial charge is 0.481 e. The molecule has 1 aliphatic carbocycles. The third-order valence-corrected chi connectivity index (χ3v) is 1.66. The third-order valence-electron chi connectivity index (χ3n) is 1.66. The van der Waals surface area contributed by atoms with Crippen molar-refractivity contribution in [1.29, 1.82) is 0 Å². The Morgan fingerprint density at radius 2 is 1.75 bits per heavy atom. The molecule has 2 atom stereocenters. The molecular weight excluding hydrogens is 116 g/mol. The van der Waals surface area contributed by atoms with E-state index >= 15 is 0 Å². The van der Waals surface area contributed by atoms with Crippen molar-refractivity contribution in [1.82, 2.24) is 0 Å². The van der Waals surface area contributed by atoms with Gasteiger partial charge in [0.05, 0.1) is 0 Å². The van der Waals surface area contributed by atoms with E-state index in [2.05, 4.69) is 0 Å². The van der Waals surface area contributed by atoms with Gasteiger partial charge in [-0.3, -0.25) is 0 Å². The maximum atomic E-state index is 11.6. The van der Waals surface area contributed by atoms with Crippen LogP contribution >= 0.6 is 0 Å². The topological polar surface area (TPSA) is 0 Å². The highest BCUT2D eigenvalue weighted by atomic mass is 19.4. The van der Waals surface area contributed by atoms with E-state index in [1.54, 1.807) is 6.92 Å². The van der Waals surface area contributed by atoms with Gasteiger partial charge in [-0.2, -0.15) is 0 Å². The third kappa shape index (κ3) is 0.982. The van der Waals surface area contributed by atoms with Crippen LogP contribution in [0, 0.1) is 5.92 Å². The van der Waals surface area contributed by atoms with E-state index in [9.17, 15) is 12.9 Å². The Morgan fingerprint density at radius 3 is 1.75 bits per heavy atom. The standard InChI is InChI=1S/C4H7BF3/c1-3-2-4(3)5(6,7)8/h3-4H,2H2,1H3/q-1/t3-,4+/m1/s1. The van der Waals surface area contributed by atoms with Gasteiger partial charge in [-0.15, -0.1) is 0 Å². The van der Waals surface area contributed by atoms with Crippen LogP contribution in [0.15, 0.2) is 0 Å². The first kappa shape index (κ1) is 5.98. The van der Waals surface area contributed by atoms with Crippen LogP contribution in [-0.4, -0.2) is 6.98 Å². The summed E-state index contributed by atoms with van der Waals surface area (Å²) in [5.41, 5.74) is 0. The zero-order valence-electron chi connectivity index (χ0n) is 4.57. The molecule has 1 rings (SSSR count). The average Bonchev–Trinajstić information content (AvgIpc) is 2.13. The van der Waals surface area contributed by atoms with Gasteiger partial charge in [-0.1, -0.05) is 25.1 Å². The smallest absolute Gasteiger partial charge is 0.449 e. The molecular formula is C4H7BF3-. The number of rotatable bonds is 1. The summed E-state index contributed by atoms with van der Waals surface area (Å²) >= 11 is 0. The number of halogens is 3. The van der Waals surface area contributed by atoms with Gasteiger partial charge in [-0.05, 0) is 0 Å². The highest BCUT2D eigenvalue weighted by molar-refractivity contribution is 6.61. The Labute approximate surface area is 46.1 Å². The summed E-state index contributed by atoms with van der Waals surface area (Å²) in [6, 6.07) is 0. The Hall–Kier alpha value is -0.145. The molecule has 0 amide bonds. The lowest BCUT2D eigenvalue weighted by Gasteiger charge is -2.10. The highest BCUT2D eigenvalue weighted by Crippen LogP contribution is 2.52. The molecule has 0 N–H and O–H groups in total. The second-order valence-electron chi connectivity index (χ2n) is 2.50. The van der Waals surface area contributed by atoms with Gasteiger partial charge in [0.25, 0.3) is 0 Å². The first-order valence-electron chi connectivity index (χ1n) is 2.72. The summed E-state index contributed by atoms with van der Waals surface area (Å²) in [6.45, 7) is -2.85. The van der Waals surface area contributed by atoms with Crippen LogP contribution in [0.25, 0.3) is 0 Å². The summed E-state index contributed by atoms with van der Waals surface area (Å²) in [7, 11) is 0. The fourth-order valence-electron chi connectivity index (χ4n) is 0.878. The van der Waals surface area contributed by atoms with Crippen LogP contribution in [0.5, 0.6) is 0 Å². The monoisotopic (exact) mass is 123 g/mol. The first-order valence-corrected chi connectivity index (χ1v) is 2.72. The quantitative estimate of drug-likeness (QED) is 0.469. The zero-order chi connectivity index (χ0) is 6.36. The van der Waals surface area contributed by atoms with E-state index in [0.29, 0.717) is 6.42 Å². The summed E-state index contributed by atoms with van der Waals surface area (Å²) in [6.07, 6.45) is 0.365. The van der Waals surface area contributed by atoms with Gasteiger partial charge in [0.2, 0.25) is 0 Å². The highest BCUT2D eigenvalue weighted by Gasteiger charge is 2.47. The van der Waals surface area contributed by atoms with Crippen molar-refractivity contribution in [2.45, 2.75) is 19.2 Å². The van der Waals surface area contributed by atoms with Crippen LogP contribution in [0.2, 0.25) is 5.82 Å². The van der Waals surface area contributed by atoms with E-state index in [4.69, 9.17) is 0 Å². The molecule has 0 unspecified atom stereocenters. The minimum Gasteiger partial charge on any atom is -0.449 e. The molecule has 4 heteroatoms. The van der Waals surface area contributed by atoms with Crippen molar-refractivity contribution in [2.24, 2.45) is 5.92 Å². The van der Waals surface area contributed by atoms with Crippen molar-refractivity contribution < 1.29 is 12.9 Å². The molecule has 1 fully saturated rings. The van der Waals surface area contributed by atoms with Crippen molar-refractivity contribution in [3.05, 3.63) is 0 Å². The van der Waals surface area contributed by atoms with Crippen LogP contribution in [-0.2, 0) is 0 Å². The van der Waals surface area contributed by atoms with Crippen molar-refractivity contribution in [3.63, 3.8) is 0 Å². The van der Waals surface area contributed by atoms with E-state index < -0.39 is 12.8 Å². The molecule has 0 bridgehead atoms. The lowest BCUT2D eigenvalue weighted by molar-refractivity contribution is 0.461. The summed E-state index contributed by atoms with van der Waals surface area (Å²) in [4.78, 5) is 0. The molecule has 1 saturated carbocycles. The van der Waals surface area contributed by atoms with Crippen LogP contribution in [0.1, 0.15) is 13.3 Å². The molecule has 0 radical (unpaired) electrons. The van der Waals surface area contributed by atoms with Gasteiger partial charge in [0, 0.05) is 0 Å². The lowest BCUT2D eigenvalue weighted by Crippen LogP contribution is -2.15. The molecule has 0 spiro atoms. The summed E-state index contributed by atoms with van der Waals surface area (Å²) in [5.74, 6) is -1.01. The van der Waals surface area contributed by atoms with Crippen molar-refractivity contribution >= 4 is 6.98 Å². The van der Waals surface area contributed by atoms with Gasteiger partial charge < -0.3 is 12.9 Å². The Balaban J connectivity index is 2.39. The van der Waals surface area contributed by atoms with Crippen LogP contribution in [0.4, 0.5) is 12.9 Å². The van der Waals surface area contributed by atoms with Crippen molar-refractivity contribution in [3.8, 4) is 0 Å². The van der Waals surface area contributed by atoms with Crippen LogP contribution < -0.4 is 0 Å². The summed E-state index contributed by atoms with van der Waals surface area (Å²) in [5, 5.41) is 0. The molecule has 0 aromatic rings. The first-order chi connectivity index (χ1) is 3.52. The van der Waals surface area contributed by atoms with Gasteiger partial charge in [-0.25, -0.2) is 0 Å². The molecule has 48 valence electrons. The Bertz CT molecular complexity index is 97.9. The van der Waals surface area contributed by atoms with Crippen molar-refractivity contribution in [2.75, 3.05) is 0 Å². The molecule has 1 aliphatic rings. The Kier molecular flexibility index (Phi) is 1.06. The fourth-order valence-corrected chi connectivity index (χ4v) is 0.878. The summed E-state index contributed by atoms with van der Waals surface area (Å²) < 4.78 is 34.7. The van der Waals surface area contributed by atoms with Gasteiger partial charge >= 0.3 is 6.98 Å². The van der Waals surface area contributed by atoms with E-state index in [-0.39, 0.29) is 5.92 Å². The zero-order valence-corrected chi connectivity index (χ0v) is 4.57. The maximum Gasteiger partial charge on any atom is 0.481 e.